The van der Waals surface area contributed by atoms with Crippen molar-refractivity contribution >= 4 is 35.1 Å². The first-order valence-electron chi connectivity index (χ1n) is 9.72. The predicted molar refractivity (Wildman–Crippen MR) is 110 cm³/mol. The third-order valence-corrected chi connectivity index (χ3v) is 4.99. The number of anilines is 2. The number of amides is 2. The van der Waals surface area contributed by atoms with Crippen LogP contribution in [-0.4, -0.2) is 52.8 Å². The van der Waals surface area contributed by atoms with Crippen LogP contribution in [0.1, 0.15) is 30.6 Å². The van der Waals surface area contributed by atoms with Crippen LogP contribution < -0.4 is 10.2 Å². The van der Waals surface area contributed by atoms with Crippen LogP contribution in [0.3, 0.4) is 0 Å². The van der Waals surface area contributed by atoms with E-state index in [4.69, 9.17) is 9.84 Å². The van der Waals surface area contributed by atoms with E-state index in [9.17, 15) is 28.7 Å². The van der Waals surface area contributed by atoms with Gasteiger partial charge in [-0.05, 0) is 19.1 Å². The Bertz CT molecular complexity index is 1010. The minimum atomic E-state index is -1.59. The van der Waals surface area contributed by atoms with E-state index in [1.54, 1.807) is 48.5 Å². The van der Waals surface area contributed by atoms with Crippen LogP contribution in [0.4, 0.5) is 20.6 Å². The molecule has 0 saturated heterocycles. The molecule has 0 radical (unpaired) electrons. The molecule has 0 bridgehead atoms. The summed E-state index contributed by atoms with van der Waals surface area (Å²) in [6, 6.07) is 11.7. The topological polar surface area (TPSA) is 133 Å². The lowest BCUT2D eigenvalue weighted by Crippen LogP contribution is -2.48. The van der Waals surface area contributed by atoms with E-state index < -0.39 is 55.1 Å². The van der Waals surface area contributed by atoms with Crippen molar-refractivity contribution in [3.8, 4) is 0 Å². The molecule has 168 valence electrons. The zero-order valence-corrected chi connectivity index (χ0v) is 17.0. The van der Waals surface area contributed by atoms with E-state index >= 15 is 0 Å². The number of para-hydroxylation sites is 2. The average Bonchev–Trinajstić information content (AvgIpc) is 2.78. The number of carboxylic acids is 1. The number of hydrogen-bond donors (Lipinski definition) is 3. The smallest absolute Gasteiger partial charge is 0.419 e. The number of carboxylic acid groups (broad SMARTS) is 1. The summed E-state index contributed by atoms with van der Waals surface area (Å²) in [6.07, 6.45) is -4.11. The number of nitrogens with zero attached hydrogens (tertiary/aromatic N) is 1. The molecule has 32 heavy (non-hydrogen) atoms. The lowest BCUT2D eigenvalue weighted by molar-refractivity contribution is -0.141. The predicted octanol–water partition coefficient (Wildman–Crippen LogP) is 2.24. The van der Waals surface area contributed by atoms with Crippen molar-refractivity contribution in [1.82, 2.24) is 5.32 Å². The monoisotopic (exact) mass is 444 g/mol. The number of fused-ring (bicyclic) bond motifs is 2. The summed E-state index contributed by atoms with van der Waals surface area (Å²) in [6.45, 7) is -0.211. The van der Waals surface area contributed by atoms with Gasteiger partial charge in [0, 0.05) is 11.1 Å². The summed E-state index contributed by atoms with van der Waals surface area (Å²) in [7, 11) is 0. The van der Waals surface area contributed by atoms with Gasteiger partial charge in [-0.25, -0.2) is 14.1 Å². The molecule has 0 aliphatic carbocycles. The van der Waals surface area contributed by atoms with Gasteiger partial charge in [-0.15, -0.1) is 0 Å². The molecule has 0 spiro atoms. The molecule has 9 nitrogen and oxygen atoms in total. The van der Waals surface area contributed by atoms with Gasteiger partial charge in [-0.3, -0.25) is 14.4 Å². The number of aliphatic hydroxyl groups is 1. The Morgan fingerprint density at radius 3 is 2.09 bits per heavy atom. The zero-order chi connectivity index (χ0) is 23.4. The molecule has 2 unspecified atom stereocenters. The molecule has 1 aliphatic heterocycles. The Labute approximate surface area is 182 Å². The second-order valence-corrected chi connectivity index (χ2v) is 7.14. The molecule has 3 N–H and O–H groups in total. The number of halogens is 1. The van der Waals surface area contributed by atoms with Crippen LogP contribution in [0, 0.1) is 0 Å². The van der Waals surface area contributed by atoms with Crippen LogP contribution in [0.15, 0.2) is 48.5 Å². The number of aliphatic hydroxyl groups excluding tert-OH is 1. The molecule has 1 aliphatic rings. The van der Waals surface area contributed by atoms with Gasteiger partial charge in [0.1, 0.15) is 18.8 Å². The molecule has 2 atom stereocenters. The lowest BCUT2D eigenvalue weighted by Gasteiger charge is -2.34. The molecule has 0 aromatic heterocycles. The highest BCUT2D eigenvalue weighted by Crippen LogP contribution is 2.44. The number of carbonyl (C=O) groups excluding carboxylic acids is 3. The highest BCUT2D eigenvalue weighted by atomic mass is 19.1. The first-order chi connectivity index (χ1) is 15.2. The van der Waals surface area contributed by atoms with Gasteiger partial charge < -0.3 is 20.3 Å². The van der Waals surface area contributed by atoms with Gasteiger partial charge in [0.2, 0.25) is 0 Å². The van der Waals surface area contributed by atoms with Crippen LogP contribution in [0.5, 0.6) is 0 Å². The van der Waals surface area contributed by atoms with Crippen LogP contribution in [0.2, 0.25) is 0 Å². The van der Waals surface area contributed by atoms with E-state index in [1.165, 1.54) is 11.8 Å². The molecule has 0 saturated carbocycles. The highest BCUT2D eigenvalue weighted by Gasteiger charge is 2.35. The number of Topliss-reactive ketones (excluding diaryl/α,β-unsaturated/α-hetero) is 1. The molecule has 2 aromatic rings. The lowest BCUT2D eigenvalue weighted by atomic mass is 9.93. The van der Waals surface area contributed by atoms with Crippen LogP contribution in [-0.2, 0) is 19.1 Å². The molecule has 3 rings (SSSR count). The average molecular weight is 444 g/mol. The number of benzene rings is 2. The normalized spacial score (nSPS) is 14.5. The highest BCUT2D eigenvalue weighted by molar-refractivity contribution is 6.01. The second kappa shape index (κ2) is 9.56. The van der Waals surface area contributed by atoms with Crippen molar-refractivity contribution in [3.63, 3.8) is 0 Å². The summed E-state index contributed by atoms with van der Waals surface area (Å²) < 4.78 is 18.0. The van der Waals surface area contributed by atoms with Gasteiger partial charge in [-0.2, -0.15) is 0 Å². The maximum atomic E-state index is 13.0. The number of ketones is 1. The molecular formula is C22H21FN2O7. The van der Waals surface area contributed by atoms with Crippen molar-refractivity contribution in [2.45, 2.75) is 31.6 Å². The largest absolute Gasteiger partial charge is 0.481 e. The number of nitrogens with one attached hydrogen (secondary N) is 1. The van der Waals surface area contributed by atoms with Crippen LogP contribution in [0.25, 0.3) is 0 Å². The SMILES string of the molecule is CC(OC(=O)N1c2ccccc2C(O)c2ccccc21)C(=O)NC(CC(=O)O)C(=O)CF. The first-order valence-corrected chi connectivity index (χ1v) is 9.72. The van der Waals surface area contributed by atoms with E-state index in [0.717, 1.165) is 0 Å². The molecular weight excluding hydrogens is 423 g/mol. The Hall–Kier alpha value is -3.79. The molecule has 0 fully saturated rings. The van der Waals surface area contributed by atoms with Gasteiger partial charge in [0.15, 0.2) is 11.9 Å². The third-order valence-electron chi connectivity index (χ3n) is 4.99. The second-order valence-electron chi connectivity index (χ2n) is 7.14. The summed E-state index contributed by atoms with van der Waals surface area (Å²) in [4.78, 5) is 49.1. The first kappa shape index (κ1) is 22.9. The maximum Gasteiger partial charge on any atom is 0.419 e. The van der Waals surface area contributed by atoms with Gasteiger partial charge in [0.05, 0.1) is 17.8 Å². The molecule has 2 amide bonds. The van der Waals surface area contributed by atoms with Crippen molar-refractivity contribution in [3.05, 3.63) is 59.7 Å². The fraction of sp³-hybridized carbons (Fsp3) is 0.273. The minimum Gasteiger partial charge on any atom is -0.481 e. The number of alkyl halides is 1. The van der Waals surface area contributed by atoms with E-state index in [-0.39, 0.29) is 0 Å². The summed E-state index contributed by atoms with van der Waals surface area (Å²) in [5, 5.41) is 21.6. The quantitative estimate of drug-likeness (QED) is 0.596. The standard InChI is InChI=1S/C22H21FN2O7/c1-12(21(30)24-15(10-19(27)28)18(26)11-23)32-22(31)25-16-8-4-2-6-13(16)20(29)14-7-3-5-9-17(14)25/h2-9,12,15,20,29H,10-11H2,1H3,(H,24,30)(H,27,28). The van der Waals surface area contributed by atoms with Crippen molar-refractivity contribution < 1.29 is 38.5 Å². The summed E-state index contributed by atoms with van der Waals surface area (Å²) in [5.41, 5.74) is 1.67. The van der Waals surface area contributed by atoms with Crippen molar-refractivity contribution in [2.24, 2.45) is 0 Å². The van der Waals surface area contributed by atoms with Crippen molar-refractivity contribution in [1.29, 1.82) is 0 Å². The molecule has 1 heterocycles. The van der Waals surface area contributed by atoms with E-state index in [0.29, 0.717) is 22.5 Å². The van der Waals surface area contributed by atoms with E-state index in [2.05, 4.69) is 5.32 Å². The number of ether oxygens (including phenoxy) is 1. The Morgan fingerprint density at radius 1 is 1.06 bits per heavy atom. The minimum absolute atomic E-state index is 0.368. The van der Waals surface area contributed by atoms with Crippen LogP contribution >= 0.6 is 0 Å². The zero-order valence-electron chi connectivity index (χ0n) is 17.0. The fourth-order valence-electron chi connectivity index (χ4n) is 3.40. The van der Waals surface area contributed by atoms with Gasteiger partial charge >= 0.3 is 12.1 Å². The number of aliphatic carboxylic acids is 1. The number of hydrogen-bond acceptors (Lipinski definition) is 6. The van der Waals surface area contributed by atoms with Crippen molar-refractivity contribution in [2.75, 3.05) is 11.6 Å². The third kappa shape index (κ3) is 4.59. The Morgan fingerprint density at radius 2 is 1.59 bits per heavy atom. The summed E-state index contributed by atoms with van der Waals surface area (Å²) >= 11 is 0. The fourth-order valence-corrected chi connectivity index (χ4v) is 3.40. The summed E-state index contributed by atoms with van der Waals surface area (Å²) in [5.74, 6) is -3.46. The number of rotatable bonds is 7. The Balaban J connectivity index is 1.81. The molecule has 10 heteroatoms. The maximum absolute atomic E-state index is 13.0. The van der Waals surface area contributed by atoms with Gasteiger partial charge in [0.25, 0.3) is 5.91 Å². The molecule has 2 aromatic carbocycles. The van der Waals surface area contributed by atoms with Gasteiger partial charge in [-0.1, -0.05) is 36.4 Å². The Kier molecular flexibility index (Phi) is 6.84. The van der Waals surface area contributed by atoms with E-state index in [1.807, 2.05) is 0 Å². The number of carbonyl (C=O) groups is 4.